The first-order valence-corrected chi connectivity index (χ1v) is 8.83. The Balaban J connectivity index is 1.90. The van der Waals surface area contributed by atoms with E-state index in [4.69, 9.17) is 4.74 Å². The molecule has 0 saturated carbocycles. The predicted molar refractivity (Wildman–Crippen MR) is 98.2 cm³/mol. The van der Waals surface area contributed by atoms with Gasteiger partial charge in [-0.05, 0) is 45.6 Å². The highest BCUT2D eigenvalue weighted by atomic mass is 79.9. The first-order chi connectivity index (χ1) is 12.0. The summed E-state index contributed by atoms with van der Waals surface area (Å²) >= 11 is 3.43. The van der Waals surface area contributed by atoms with Crippen molar-refractivity contribution in [2.75, 3.05) is 7.11 Å². The summed E-state index contributed by atoms with van der Waals surface area (Å²) in [6.07, 6.45) is 0.490. The van der Waals surface area contributed by atoms with E-state index in [1.807, 2.05) is 55.5 Å². The van der Waals surface area contributed by atoms with Gasteiger partial charge < -0.3 is 10.1 Å². The standard InChI is InChI=1S/C19H19BrN2O3/c1-3-19(14-7-5-4-6-8-14)17(23)22(18(24)21-19)12-13-9-10-16(25-2)15(20)11-13/h4-11H,3,12H2,1-2H3,(H,21,24)/t19-/m0/s1. The SMILES string of the molecule is CC[C@@]1(c2ccccc2)NC(=O)N(Cc2ccc(OC)c(Br)c2)C1=O. The molecule has 1 N–H and O–H groups in total. The molecule has 1 atom stereocenters. The zero-order chi connectivity index (χ0) is 18.0. The lowest BCUT2D eigenvalue weighted by Gasteiger charge is -2.25. The number of halogens is 1. The minimum atomic E-state index is -0.998. The number of amides is 3. The molecule has 0 aliphatic carbocycles. The summed E-state index contributed by atoms with van der Waals surface area (Å²) < 4.78 is 6.00. The number of nitrogens with zero attached hydrogens (tertiary/aromatic N) is 1. The fourth-order valence-corrected chi connectivity index (χ4v) is 3.71. The smallest absolute Gasteiger partial charge is 0.325 e. The molecule has 2 aromatic carbocycles. The van der Waals surface area contributed by atoms with Crippen molar-refractivity contribution in [3.8, 4) is 5.75 Å². The van der Waals surface area contributed by atoms with E-state index >= 15 is 0 Å². The third kappa shape index (κ3) is 3.02. The lowest BCUT2D eigenvalue weighted by molar-refractivity contribution is -0.132. The summed E-state index contributed by atoms with van der Waals surface area (Å²) in [5, 5.41) is 2.89. The first kappa shape index (κ1) is 17.5. The maximum absolute atomic E-state index is 13.1. The minimum absolute atomic E-state index is 0.210. The average Bonchev–Trinajstić information content (AvgIpc) is 2.88. The van der Waals surface area contributed by atoms with Crippen molar-refractivity contribution in [2.24, 2.45) is 0 Å². The van der Waals surface area contributed by atoms with Crippen LogP contribution in [0.5, 0.6) is 5.75 Å². The van der Waals surface area contributed by atoms with Crippen LogP contribution in [0.1, 0.15) is 24.5 Å². The van der Waals surface area contributed by atoms with Crippen LogP contribution in [0.3, 0.4) is 0 Å². The second kappa shape index (κ2) is 6.88. The third-order valence-electron chi connectivity index (χ3n) is 4.53. The van der Waals surface area contributed by atoms with Gasteiger partial charge in [-0.3, -0.25) is 9.69 Å². The van der Waals surface area contributed by atoms with Crippen LogP contribution in [0.15, 0.2) is 53.0 Å². The molecule has 1 aliphatic rings. The molecule has 1 aliphatic heterocycles. The molecule has 1 heterocycles. The van der Waals surface area contributed by atoms with Gasteiger partial charge >= 0.3 is 6.03 Å². The molecule has 25 heavy (non-hydrogen) atoms. The molecule has 130 valence electrons. The largest absolute Gasteiger partial charge is 0.496 e. The molecule has 2 aromatic rings. The molecule has 0 unspecified atom stereocenters. The highest BCUT2D eigenvalue weighted by molar-refractivity contribution is 9.10. The van der Waals surface area contributed by atoms with E-state index in [1.54, 1.807) is 7.11 Å². The van der Waals surface area contributed by atoms with E-state index in [0.717, 1.165) is 15.6 Å². The van der Waals surface area contributed by atoms with Crippen LogP contribution in [-0.4, -0.2) is 23.9 Å². The van der Waals surface area contributed by atoms with Crippen LogP contribution in [0.25, 0.3) is 0 Å². The zero-order valence-corrected chi connectivity index (χ0v) is 15.7. The van der Waals surface area contributed by atoms with Crippen molar-refractivity contribution in [3.05, 3.63) is 64.1 Å². The lowest BCUT2D eigenvalue weighted by Crippen LogP contribution is -2.43. The molecule has 1 saturated heterocycles. The Morgan fingerprint density at radius 1 is 1.16 bits per heavy atom. The van der Waals surface area contributed by atoms with Gasteiger partial charge in [0.15, 0.2) is 0 Å². The lowest BCUT2D eigenvalue weighted by atomic mass is 9.87. The topological polar surface area (TPSA) is 58.6 Å². The molecular weight excluding hydrogens is 384 g/mol. The number of rotatable bonds is 5. The molecular formula is C19H19BrN2O3. The van der Waals surface area contributed by atoms with Crippen molar-refractivity contribution in [1.29, 1.82) is 0 Å². The van der Waals surface area contributed by atoms with Gasteiger partial charge in [0.2, 0.25) is 0 Å². The molecule has 0 aromatic heterocycles. The van der Waals surface area contributed by atoms with E-state index in [-0.39, 0.29) is 18.5 Å². The number of hydrogen-bond acceptors (Lipinski definition) is 3. The summed E-state index contributed by atoms with van der Waals surface area (Å²) in [5.41, 5.74) is 0.646. The Labute approximate surface area is 155 Å². The average molecular weight is 403 g/mol. The van der Waals surface area contributed by atoms with Gasteiger partial charge in [-0.25, -0.2) is 4.79 Å². The van der Waals surface area contributed by atoms with Crippen molar-refractivity contribution in [2.45, 2.75) is 25.4 Å². The molecule has 0 radical (unpaired) electrons. The Bertz CT molecular complexity index is 810. The molecule has 0 spiro atoms. The second-order valence-corrected chi connectivity index (χ2v) is 6.77. The summed E-state index contributed by atoms with van der Waals surface area (Å²) in [5.74, 6) is 0.478. The van der Waals surface area contributed by atoms with Crippen LogP contribution >= 0.6 is 15.9 Å². The van der Waals surface area contributed by atoms with E-state index < -0.39 is 5.54 Å². The maximum atomic E-state index is 13.1. The molecule has 1 fully saturated rings. The molecule has 6 heteroatoms. The van der Waals surface area contributed by atoms with E-state index in [1.165, 1.54) is 4.90 Å². The van der Waals surface area contributed by atoms with Gasteiger partial charge in [0.05, 0.1) is 18.1 Å². The van der Waals surface area contributed by atoms with Gasteiger partial charge in [0.25, 0.3) is 5.91 Å². The molecule has 5 nitrogen and oxygen atoms in total. The van der Waals surface area contributed by atoms with Gasteiger partial charge in [-0.1, -0.05) is 43.3 Å². The first-order valence-electron chi connectivity index (χ1n) is 8.04. The summed E-state index contributed by atoms with van der Waals surface area (Å²) in [6.45, 7) is 2.11. The number of benzene rings is 2. The van der Waals surface area contributed by atoms with Gasteiger partial charge in [0, 0.05) is 0 Å². The quantitative estimate of drug-likeness (QED) is 0.773. The Kier molecular flexibility index (Phi) is 4.81. The number of nitrogens with one attached hydrogen (secondary N) is 1. The van der Waals surface area contributed by atoms with Gasteiger partial charge in [-0.2, -0.15) is 0 Å². The van der Waals surface area contributed by atoms with Crippen LogP contribution in [0.4, 0.5) is 4.79 Å². The van der Waals surface area contributed by atoms with Crippen molar-refractivity contribution in [1.82, 2.24) is 10.2 Å². The van der Waals surface area contributed by atoms with Crippen LogP contribution in [0, 0.1) is 0 Å². The second-order valence-electron chi connectivity index (χ2n) is 5.92. The van der Waals surface area contributed by atoms with E-state index in [0.29, 0.717) is 12.2 Å². The Hall–Kier alpha value is -2.34. The Morgan fingerprint density at radius 3 is 2.48 bits per heavy atom. The number of imide groups is 1. The Morgan fingerprint density at radius 2 is 1.88 bits per heavy atom. The van der Waals surface area contributed by atoms with Crippen LogP contribution < -0.4 is 10.1 Å². The van der Waals surface area contributed by atoms with Crippen molar-refractivity contribution in [3.63, 3.8) is 0 Å². The highest BCUT2D eigenvalue weighted by Crippen LogP contribution is 2.34. The van der Waals surface area contributed by atoms with E-state index in [9.17, 15) is 9.59 Å². The monoisotopic (exact) mass is 402 g/mol. The number of methoxy groups -OCH3 is 1. The normalized spacial score (nSPS) is 19.9. The molecule has 3 amide bonds. The number of urea groups is 1. The molecule has 0 bridgehead atoms. The van der Waals surface area contributed by atoms with E-state index in [2.05, 4.69) is 21.2 Å². The zero-order valence-electron chi connectivity index (χ0n) is 14.1. The number of carbonyl (C=O) groups is 2. The maximum Gasteiger partial charge on any atom is 0.325 e. The summed E-state index contributed by atoms with van der Waals surface area (Å²) in [4.78, 5) is 26.9. The van der Waals surface area contributed by atoms with Crippen LogP contribution in [-0.2, 0) is 16.9 Å². The third-order valence-corrected chi connectivity index (χ3v) is 5.15. The fourth-order valence-electron chi connectivity index (χ4n) is 3.12. The number of carbonyl (C=O) groups excluding carboxylic acids is 2. The van der Waals surface area contributed by atoms with Crippen LogP contribution in [0.2, 0.25) is 0 Å². The van der Waals surface area contributed by atoms with Gasteiger partial charge in [-0.15, -0.1) is 0 Å². The predicted octanol–water partition coefficient (Wildman–Crippen LogP) is 3.82. The molecule has 3 rings (SSSR count). The van der Waals surface area contributed by atoms with Gasteiger partial charge in [0.1, 0.15) is 11.3 Å². The summed E-state index contributed by atoms with van der Waals surface area (Å²) in [7, 11) is 1.59. The minimum Gasteiger partial charge on any atom is -0.496 e. The van der Waals surface area contributed by atoms with Crippen molar-refractivity contribution < 1.29 is 14.3 Å². The summed E-state index contributed by atoms with van der Waals surface area (Å²) in [6, 6.07) is 14.5. The number of ether oxygens (including phenoxy) is 1. The fraction of sp³-hybridized carbons (Fsp3) is 0.263. The van der Waals surface area contributed by atoms with Crippen molar-refractivity contribution >= 4 is 27.9 Å². The number of hydrogen-bond donors (Lipinski definition) is 1. The highest BCUT2D eigenvalue weighted by Gasteiger charge is 2.51.